The van der Waals surface area contributed by atoms with E-state index in [1.807, 2.05) is 29.2 Å². The number of nitrogens with zero attached hydrogens (tertiary/aromatic N) is 4. The molecule has 5 rings (SSSR count). The van der Waals surface area contributed by atoms with E-state index >= 15 is 0 Å². The topological polar surface area (TPSA) is 107 Å². The van der Waals surface area contributed by atoms with Crippen molar-refractivity contribution >= 4 is 32.9 Å². The molecule has 1 atom stereocenters. The molecule has 10 heteroatoms. The predicted octanol–water partition coefficient (Wildman–Crippen LogP) is 2.54. The number of amides is 2. The summed E-state index contributed by atoms with van der Waals surface area (Å²) >= 11 is 0. The number of carbonyl (C=O) groups excluding carboxylic acids is 2. The molecule has 2 saturated heterocycles. The Kier molecular flexibility index (Phi) is 6.57. The number of aromatic amines is 1. The Balaban J connectivity index is 1.14. The summed E-state index contributed by atoms with van der Waals surface area (Å²) in [6.07, 6.45) is 2.00. The van der Waals surface area contributed by atoms with Gasteiger partial charge in [0.05, 0.1) is 22.0 Å². The van der Waals surface area contributed by atoms with E-state index < -0.39 is 10.0 Å². The molecule has 0 saturated carbocycles. The zero-order chi connectivity index (χ0) is 24.4. The minimum Gasteiger partial charge on any atom is -0.340 e. The highest BCUT2D eigenvalue weighted by atomic mass is 32.2. The van der Waals surface area contributed by atoms with Crippen LogP contribution >= 0.6 is 0 Å². The second-order valence-electron chi connectivity index (χ2n) is 8.98. The molecule has 0 bridgehead atoms. The third kappa shape index (κ3) is 4.81. The minimum atomic E-state index is -3.56. The first-order valence-electron chi connectivity index (χ1n) is 12.0. The number of likely N-dealkylation sites (tertiary alicyclic amines) is 1. The maximum absolute atomic E-state index is 13.0. The van der Waals surface area contributed by atoms with Gasteiger partial charge in [0.25, 0.3) is 0 Å². The number of rotatable bonds is 6. The van der Waals surface area contributed by atoms with Gasteiger partial charge in [0.2, 0.25) is 21.8 Å². The van der Waals surface area contributed by atoms with Gasteiger partial charge in [-0.1, -0.05) is 30.3 Å². The normalized spacial score (nSPS) is 19.4. The molecule has 2 aromatic carbocycles. The molecule has 3 heterocycles. The molecule has 0 spiro atoms. The van der Waals surface area contributed by atoms with E-state index in [1.165, 1.54) is 4.31 Å². The van der Waals surface area contributed by atoms with Crippen LogP contribution < -0.4 is 0 Å². The molecule has 2 aliphatic rings. The van der Waals surface area contributed by atoms with Gasteiger partial charge in [-0.05, 0) is 37.1 Å². The predicted molar refractivity (Wildman–Crippen MR) is 131 cm³/mol. The number of hydrogen-bond donors (Lipinski definition) is 1. The van der Waals surface area contributed by atoms with Gasteiger partial charge in [-0.3, -0.25) is 9.59 Å². The molecule has 0 aliphatic carbocycles. The standard InChI is InChI=1S/C25H29N5O4S/c31-23(28-15-17-29(18-16-28)35(33,34)19-7-2-1-3-8-19)12-13-24(32)30-14-6-11-22(30)25-26-20-9-4-5-10-21(20)27-25/h1-5,7-10,22H,6,11-18H2,(H,26,27)/t22-/m0/s1. The number of piperazine rings is 1. The fourth-order valence-electron chi connectivity index (χ4n) is 4.91. The summed E-state index contributed by atoms with van der Waals surface area (Å²) < 4.78 is 27.0. The molecule has 1 aromatic heterocycles. The average Bonchev–Trinajstić information content (AvgIpc) is 3.55. The first-order chi connectivity index (χ1) is 16.9. The van der Waals surface area contributed by atoms with E-state index in [2.05, 4.69) is 9.97 Å². The number of carbonyl (C=O) groups is 2. The van der Waals surface area contributed by atoms with E-state index in [1.54, 1.807) is 35.2 Å². The van der Waals surface area contributed by atoms with Crippen LogP contribution in [0.5, 0.6) is 0 Å². The third-order valence-electron chi connectivity index (χ3n) is 6.82. The lowest BCUT2D eigenvalue weighted by molar-refractivity contribution is -0.138. The van der Waals surface area contributed by atoms with Crippen molar-refractivity contribution in [2.45, 2.75) is 36.6 Å². The molecule has 35 heavy (non-hydrogen) atoms. The highest BCUT2D eigenvalue weighted by molar-refractivity contribution is 7.89. The highest BCUT2D eigenvalue weighted by Gasteiger charge is 2.33. The molecule has 2 fully saturated rings. The van der Waals surface area contributed by atoms with Gasteiger partial charge in [0, 0.05) is 45.6 Å². The van der Waals surface area contributed by atoms with Gasteiger partial charge < -0.3 is 14.8 Å². The van der Waals surface area contributed by atoms with Gasteiger partial charge >= 0.3 is 0 Å². The Morgan fingerprint density at radius 1 is 0.886 bits per heavy atom. The largest absolute Gasteiger partial charge is 0.340 e. The number of imidazole rings is 1. The molecule has 3 aromatic rings. The highest BCUT2D eigenvalue weighted by Crippen LogP contribution is 2.32. The maximum Gasteiger partial charge on any atom is 0.243 e. The first kappa shape index (κ1) is 23.5. The van der Waals surface area contributed by atoms with E-state index in [9.17, 15) is 18.0 Å². The van der Waals surface area contributed by atoms with Crippen LogP contribution in [-0.2, 0) is 19.6 Å². The number of fused-ring (bicyclic) bond motifs is 1. The summed E-state index contributed by atoms with van der Waals surface area (Å²) in [7, 11) is -3.56. The van der Waals surface area contributed by atoms with E-state index in [-0.39, 0.29) is 48.7 Å². The molecule has 2 aliphatic heterocycles. The summed E-state index contributed by atoms with van der Waals surface area (Å²) in [6, 6.07) is 16.0. The van der Waals surface area contributed by atoms with Crippen molar-refractivity contribution in [3.05, 3.63) is 60.4 Å². The van der Waals surface area contributed by atoms with E-state index in [0.717, 1.165) is 29.7 Å². The van der Waals surface area contributed by atoms with Crippen molar-refractivity contribution in [3.8, 4) is 0 Å². The van der Waals surface area contributed by atoms with E-state index in [4.69, 9.17) is 0 Å². The fraction of sp³-hybridized carbons (Fsp3) is 0.400. The average molecular weight is 496 g/mol. The molecule has 9 nitrogen and oxygen atoms in total. The Morgan fingerprint density at radius 2 is 1.57 bits per heavy atom. The number of hydrogen-bond acceptors (Lipinski definition) is 5. The number of para-hydroxylation sites is 2. The van der Waals surface area contributed by atoms with E-state index in [0.29, 0.717) is 19.6 Å². The maximum atomic E-state index is 13.0. The van der Waals surface area contributed by atoms with Crippen molar-refractivity contribution < 1.29 is 18.0 Å². The number of sulfonamides is 1. The monoisotopic (exact) mass is 495 g/mol. The van der Waals surface area contributed by atoms with Gasteiger partial charge in [-0.15, -0.1) is 0 Å². The van der Waals surface area contributed by atoms with Crippen molar-refractivity contribution in [1.82, 2.24) is 24.1 Å². The lowest BCUT2D eigenvalue weighted by Gasteiger charge is -2.34. The summed E-state index contributed by atoms with van der Waals surface area (Å²) in [4.78, 5) is 37.5. The van der Waals surface area contributed by atoms with Crippen LogP contribution in [-0.4, -0.2) is 77.0 Å². The molecule has 0 unspecified atom stereocenters. The van der Waals surface area contributed by atoms with Crippen LogP contribution in [0.1, 0.15) is 37.5 Å². The first-order valence-corrected chi connectivity index (χ1v) is 13.4. The molecule has 1 N–H and O–H groups in total. The Labute approximate surface area is 204 Å². The fourth-order valence-corrected chi connectivity index (χ4v) is 6.36. The molecule has 184 valence electrons. The lowest BCUT2D eigenvalue weighted by atomic mass is 10.2. The second kappa shape index (κ2) is 9.79. The van der Waals surface area contributed by atoms with Crippen LogP contribution in [0.3, 0.4) is 0 Å². The van der Waals surface area contributed by atoms with Crippen molar-refractivity contribution in [2.75, 3.05) is 32.7 Å². The molecule has 0 radical (unpaired) electrons. The van der Waals surface area contributed by atoms with Crippen LogP contribution in [0.15, 0.2) is 59.5 Å². The Bertz CT molecular complexity index is 1280. The number of aromatic nitrogens is 2. The number of H-pyrrole nitrogens is 1. The molecule has 2 amide bonds. The summed E-state index contributed by atoms with van der Waals surface area (Å²) in [5, 5.41) is 0. The molecular formula is C25H29N5O4S. The van der Waals surface area contributed by atoms with Crippen LogP contribution in [0, 0.1) is 0 Å². The van der Waals surface area contributed by atoms with Crippen molar-refractivity contribution in [1.29, 1.82) is 0 Å². The van der Waals surface area contributed by atoms with Crippen LogP contribution in [0.25, 0.3) is 11.0 Å². The van der Waals surface area contributed by atoms with Crippen molar-refractivity contribution in [2.24, 2.45) is 0 Å². The van der Waals surface area contributed by atoms with Crippen LogP contribution in [0.2, 0.25) is 0 Å². The SMILES string of the molecule is O=C(CCC(=O)N1CCC[C@H]1c1nc2ccccc2[nH]1)N1CCN(S(=O)(=O)c2ccccc2)CC1. The molecular weight excluding hydrogens is 466 g/mol. The zero-order valence-electron chi connectivity index (χ0n) is 19.5. The Morgan fingerprint density at radius 3 is 2.31 bits per heavy atom. The van der Waals surface area contributed by atoms with Crippen LogP contribution in [0.4, 0.5) is 0 Å². The lowest BCUT2D eigenvalue weighted by Crippen LogP contribution is -2.50. The number of benzene rings is 2. The third-order valence-corrected chi connectivity index (χ3v) is 8.73. The summed E-state index contributed by atoms with van der Waals surface area (Å²) in [6.45, 7) is 1.80. The van der Waals surface area contributed by atoms with Crippen molar-refractivity contribution in [3.63, 3.8) is 0 Å². The number of nitrogens with one attached hydrogen (secondary N) is 1. The summed E-state index contributed by atoms with van der Waals surface area (Å²) in [5.74, 6) is 0.625. The van der Waals surface area contributed by atoms with Gasteiger partial charge in [0.15, 0.2) is 0 Å². The smallest absolute Gasteiger partial charge is 0.243 e. The zero-order valence-corrected chi connectivity index (χ0v) is 20.3. The Hall–Kier alpha value is -3.24. The quantitative estimate of drug-likeness (QED) is 0.566. The van der Waals surface area contributed by atoms with Gasteiger partial charge in [-0.2, -0.15) is 4.31 Å². The minimum absolute atomic E-state index is 0.0494. The second-order valence-corrected chi connectivity index (χ2v) is 10.9. The van der Waals surface area contributed by atoms with Gasteiger partial charge in [-0.25, -0.2) is 13.4 Å². The summed E-state index contributed by atoms with van der Waals surface area (Å²) in [5.41, 5.74) is 1.83. The van der Waals surface area contributed by atoms with Gasteiger partial charge in [0.1, 0.15) is 5.82 Å².